The first-order valence-electron chi connectivity index (χ1n) is 6.64. The summed E-state index contributed by atoms with van der Waals surface area (Å²) in [5.74, 6) is 0.437. The number of H-pyrrole nitrogens is 1. The monoisotopic (exact) mass is 352 g/mol. The second-order valence-corrected chi connectivity index (χ2v) is 5.61. The number of piperazine rings is 1. The highest BCUT2D eigenvalue weighted by Crippen LogP contribution is 2.22. The van der Waals surface area contributed by atoms with Crippen LogP contribution in [0, 0.1) is 5.82 Å². The average molecular weight is 353 g/mol. The Labute approximate surface area is 129 Å². The molecule has 0 amide bonds. The number of rotatable bonds is 2. The highest BCUT2D eigenvalue weighted by molar-refractivity contribution is 9.10. The maximum atomic E-state index is 12.9. The van der Waals surface area contributed by atoms with E-state index in [9.17, 15) is 9.18 Å². The number of nitrogens with zero attached hydrogens (tertiary/aromatic N) is 3. The van der Waals surface area contributed by atoms with Gasteiger partial charge in [-0.15, -0.1) is 0 Å². The molecule has 1 aliphatic rings. The zero-order valence-electron chi connectivity index (χ0n) is 11.2. The first-order chi connectivity index (χ1) is 10.1. The number of aromatic amines is 1. The predicted molar refractivity (Wildman–Crippen MR) is 83.4 cm³/mol. The van der Waals surface area contributed by atoms with Crippen molar-refractivity contribution in [1.82, 2.24) is 9.97 Å². The van der Waals surface area contributed by atoms with Crippen LogP contribution in [0.4, 0.5) is 15.9 Å². The number of aromatic nitrogens is 2. The third-order valence-corrected chi connectivity index (χ3v) is 4.26. The lowest BCUT2D eigenvalue weighted by Crippen LogP contribution is -2.47. The van der Waals surface area contributed by atoms with Crippen molar-refractivity contribution in [2.24, 2.45) is 0 Å². The normalized spacial score (nSPS) is 15.3. The zero-order valence-corrected chi connectivity index (χ0v) is 12.8. The standard InChI is InChI=1S/C14H14BrFN4O/c15-12-13(17-9-18-14(12)21)20-7-5-19(6-8-20)11-3-1-10(16)2-4-11/h1-4,9H,5-8H2,(H,17,18,21). The van der Waals surface area contributed by atoms with Crippen LogP contribution in [-0.2, 0) is 0 Å². The van der Waals surface area contributed by atoms with Gasteiger partial charge in [0.2, 0.25) is 0 Å². The summed E-state index contributed by atoms with van der Waals surface area (Å²) in [6.07, 6.45) is 1.41. The largest absolute Gasteiger partial charge is 0.368 e. The van der Waals surface area contributed by atoms with Crippen LogP contribution in [0.1, 0.15) is 0 Å². The molecule has 21 heavy (non-hydrogen) atoms. The molecule has 0 bridgehead atoms. The van der Waals surface area contributed by atoms with Gasteiger partial charge >= 0.3 is 0 Å². The lowest BCUT2D eigenvalue weighted by atomic mass is 10.2. The van der Waals surface area contributed by atoms with E-state index in [1.807, 2.05) is 0 Å². The van der Waals surface area contributed by atoms with E-state index in [4.69, 9.17) is 0 Å². The number of anilines is 2. The van der Waals surface area contributed by atoms with Gasteiger partial charge in [-0.2, -0.15) is 0 Å². The van der Waals surface area contributed by atoms with E-state index in [-0.39, 0.29) is 11.4 Å². The van der Waals surface area contributed by atoms with Gasteiger partial charge in [0.05, 0.1) is 6.33 Å². The topological polar surface area (TPSA) is 52.2 Å². The van der Waals surface area contributed by atoms with E-state index >= 15 is 0 Å². The molecule has 110 valence electrons. The molecule has 0 spiro atoms. The SMILES string of the molecule is O=c1[nH]cnc(N2CCN(c3ccc(F)cc3)CC2)c1Br. The Morgan fingerprint density at radius 2 is 1.71 bits per heavy atom. The van der Waals surface area contributed by atoms with Crippen LogP contribution in [-0.4, -0.2) is 36.1 Å². The summed E-state index contributed by atoms with van der Waals surface area (Å²) in [5, 5.41) is 0. The maximum absolute atomic E-state index is 12.9. The molecule has 1 aliphatic heterocycles. The van der Waals surface area contributed by atoms with Gasteiger partial charge in [0.15, 0.2) is 0 Å². The Kier molecular flexibility index (Phi) is 3.92. The number of nitrogens with one attached hydrogen (secondary N) is 1. The number of hydrogen-bond acceptors (Lipinski definition) is 4. The van der Waals surface area contributed by atoms with E-state index in [0.717, 1.165) is 31.9 Å². The molecule has 3 rings (SSSR count). The van der Waals surface area contributed by atoms with Crippen LogP contribution in [0.2, 0.25) is 0 Å². The Bertz CT molecular complexity index is 680. The Balaban J connectivity index is 1.71. The minimum atomic E-state index is -0.228. The Morgan fingerprint density at radius 1 is 1.10 bits per heavy atom. The fourth-order valence-corrected chi connectivity index (χ4v) is 2.89. The van der Waals surface area contributed by atoms with Gasteiger partial charge in [0.25, 0.3) is 5.56 Å². The van der Waals surface area contributed by atoms with Crippen LogP contribution in [0.5, 0.6) is 0 Å². The highest BCUT2D eigenvalue weighted by Gasteiger charge is 2.20. The van der Waals surface area contributed by atoms with Crippen molar-refractivity contribution in [2.75, 3.05) is 36.0 Å². The van der Waals surface area contributed by atoms with E-state index in [1.54, 1.807) is 12.1 Å². The van der Waals surface area contributed by atoms with E-state index < -0.39 is 0 Å². The third-order valence-electron chi connectivity index (χ3n) is 3.55. The van der Waals surface area contributed by atoms with Crippen molar-refractivity contribution >= 4 is 27.4 Å². The van der Waals surface area contributed by atoms with E-state index in [1.165, 1.54) is 18.5 Å². The Morgan fingerprint density at radius 3 is 2.38 bits per heavy atom. The summed E-state index contributed by atoms with van der Waals surface area (Å²) in [6, 6.07) is 6.51. The summed E-state index contributed by atoms with van der Waals surface area (Å²) in [5.41, 5.74) is 0.829. The first-order valence-corrected chi connectivity index (χ1v) is 7.43. The van der Waals surface area contributed by atoms with E-state index in [2.05, 4.69) is 35.7 Å². The van der Waals surface area contributed by atoms with Crippen LogP contribution in [0.3, 0.4) is 0 Å². The average Bonchev–Trinajstić information content (AvgIpc) is 2.51. The Hall–Kier alpha value is -1.89. The van der Waals surface area contributed by atoms with Gasteiger partial charge in [-0.3, -0.25) is 4.79 Å². The summed E-state index contributed by atoms with van der Waals surface area (Å²) in [6.45, 7) is 3.11. The molecule has 1 saturated heterocycles. The summed E-state index contributed by atoms with van der Waals surface area (Å²) in [4.78, 5) is 22.6. The maximum Gasteiger partial charge on any atom is 0.267 e. The molecule has 1 fully saturated rings. The van der Waals surface area contributed by atoms with Crippen molar-refractivity contribution in [3.8, 4) is 0 Å². The fraction of sp³-hybridized carbons (Fsp3) is 0.286. The van der Waals surface area contributed by atoms with Gasteiger partial charge in [-0.25, -0.2) is 9.37 Å². The molecular formula is C14H14BrFN4O. The summed E-state index contributed by atoms with van der Waals surface area (Å²) < 4.78 is 13.4. The molecule has 0 aliphatic carbocycles. The third kappa shape index (κ3) is 2.92. The minimum Gasteiger partial charge on any atom is -0.368 e. The quantitative estimate of drug-likeness (QED) is 0.897. The smallest absolute Gasteiger partial charge is 0.267 e. The zero-order chi connectivity index (χ0) is 14.8. The molecule has 1 aromatic heterocycles. The molecule has 5 nitrogen and oxygen atoms in total. The molecular weight excluding hydrogens is 339 g/mol. The molecule has 2 aromatic rings. The molecule has 0 radical (unpaired) electrons. The molecule has 0 atom stereocenters. The van der Waals surface area contributed by atoms with Crippen molar-refractivity contribution in [3.05, 3.63) is 51.2 Å². The summed E-state index contributed by atoms with van der Waals surface area (Å²) >= 11 is 3.28. The van der Waals surface area contributed by atoms with Crippen LogP contribution in [0.15, 0.2) is 39.9 Å². The number of benzene rings is 1. The second-order valence-electron chi connectivity index (χ2n) is 4.82. The van der Waals surface area contributed by atoms with Crippen LogP contribution in [0.25, 0.3) is 0 Å². The van der Waals surface area contributed by atoms with Crippen molar-refractivity contribution < 1.29 is 4.39 Å². The van der Waals surface area contributed by atoms with Crippen molar-refractivity contribution in [1.29, 1.82) is 0 Å². The van der Waals surface area contributed by atoms with Gasteiger partial charge in [0, 0.05) is 31.9 Å². The van der Waals surface area contributed by atoms with Crippen LogP contribution < -0.4 is 15.4 Å². The lowest BCUT2D eigenvalue weighted by Gasteiger charge is -2.36. The number of halogens is 2. The molecule has 0 unspecified atom stereocenters. The van der Waals surface area contributed by atoms with Crippen molar-refractivity contribution in [2.45, 2.75) is 0 Å². The number of hydrogen-bond donors (Lipinski definition) is 1. The molecule has 0 saturated carbocycles. The van der Waals surface area contributed by atoms with Gasteiger partial charge in [0.1, 0.15) is 16.1 Å². The van der Waals surface area contributed by atoms with Gasteiger partial charge in [-0.1, -0.05) is 0 Å². The molecule has 1 aromatic carbocycles. The predicted octanol–water partition coefficient (Wildman–Crippen LogP) is 2.00. The first kappa shape index (κ1) is 14.1. The van der Waals surface area contributed by atoms with Gasteiger partial charge in [-0.05, 0) is 40.2 Å². The molecule has 7 heteroatoms. The molecule has 1 N–H and O–H groups in total. The van der Waals surface area contributed by atoms with E-state index in [0.29, 0.717) is 10.3 Å². The van der Waals surface area contributed by atoms with Gasteiger partial charge < -0.3 is 14.8 Å². The minimum absolute atomic E-state index is 0.180. The highest BCUT2D eigenvalue weighted by atomic mass is 79.9. The van der Waals surface area contributed by atoms with Crippen LogP contribution >= 0.6 is 15.9 Å². The summed E-state index contributed by atoms with van der Waals surface area (Å²) in [7, 11) is 0. The molecule has 2 heterocycles. The second kappa shape index (κ2) is 5.85. The fourth-order valence-electron chi connectivity index (χ4n) is 2.42. The lowest BCUT2D eigenvalue weighted by molar-refractivity contribution is 0.624. The van der Waals surface area contributed by atoms with Crippen molar-refractivity contribution in [3.63, 3.8) is 0 Å².